The number of halogens is 3. The molecular weight excluding hydrogens is 381 g/mol. The lowest BCUT2D eigenvalue weighted by atomic mass is 10.0. The minimum Gasteiger partial charge on any atom is -0.457 e. The maximum Gasteiger partial charge on any atom is 0.416 e. The van der Waals surface area contributed by atoms with E-state index in [0.29, 0.717) is 11.4 Å². The SMILES string of the molecule is CS(=O)(=O)Nc1ccc(Oc2ccc(C(F)(F)F)cc2)c(C2CCCN2)c1. The molecule has 27 heavy (non-hydrogen) atoms. The van der Waals surface area contributed by atoms with Gasteiger partial charge in [0.1, 0.15) is 11.5 Å². The van der Waals surface area contributed by atoms with Gasteiger partial charge in [-0.2, -0.15) is 13.2 Å². The molecule has 1 aliphatic rings. The van der Waals surface area contributed by atoms with E-state index < -0.39 is 21.8 Å². The summed E-state index contributed by atoms with van der Waals surface area (Å²) in [5.74, 6) is 0.735. The molecule has 5 nitrogen and oxygen atoms in total. The molecule has 1 atom stereocenters. The van der Waals surface area contributed by atoms with E-state index >= 15 is 0 Å². The number of rotatable bonds is 5. The third-order valence-corrected chi connectivity index (χ3v) is 4.76. The first-order valence-corrected chi connectivity index (χ1v) is 10.2. The third kappa shape index (κ3) is 5.14. The average molecular weight is 400 g/mol. The molecule has 2 aromatic carbocycles. The Labute approximate surface area is 155 Å². The maximum absolute atomic E-state index is 12.7. The Morgan fingerprint density at radius 1 is 1.15 bits per heavy atom. The van der Waals surface area contributed by atoms with Crippen LogP contribution >= 0.6 is 0 Å². The molecular formula is C18H19F3N2O3S. The van der Waals surface area contributed by atoms with Gasteiger partial charge in [0.05, 0.1) is 11.8 Å². The Balaban J connectivity index is 1.89. The Bertz CT molecular complexity index is 906. The van der Waals surface area contributed by atoms with Crippen LogP contribution in [0.4, 0.5) is 18.9 Å². The van der Waals surface area contributed by atoms with Crippen molar-refractivity contribution in [2.75, 3.05) is 17.5 Å². The number of nitrogens with one attached hydrogen (secondary N) is 2. The summed E-state index contributed by atoms with van der Waals surface area (Å²) in [4.78, 5) is 0. The zero-order chi connectivity index (χ0) is 19.7. The average Bonchev–Trinajstić information content (AvgIpc) is 3.09. The van der Waals surface area contributed by atoms with Crippen molar-refractivity contribution < 1.29 is 26.3 Å². The molecule has 2 aromatic rings. The third-order valence-electron chi connectivity index (χ3n) is 4.16. The lowest BCUT2D eigenvalue weighted by Gasteiger charge is -2.18. The van der Waals surface area contributed by atoms with Gasteiger partial charge in [0.25, 0.3) is 0 Å². The van der Waals surface area contributed by atoms with Gasteiger partial charge in [-0.3, -0.25) is 4.72 Å². The molecule has 0 radical (unpaired) electrons. The van der Waals surface area contributed by atoms with Crippen molar-refractivity contribution in [2.24, 2.45) is 0 Å². The highest BCUT2D eigenvalue weighted by atomic mass is 32.2. The van der Waals surface area contributed by atoms with Crippen LogP contribution in [0.3, 0.4) is 0 Å². The van der Waals surface area contributed by atoms with Gasteiger partial charge in [-0.25, -0.2) is 8.42 Å². The monoisotopic (exact) mass is 400 g/mol. The summed E-state index contributed by atoms with van der Waals surface area (Å²) in [6.45, 7) is 0.827. The van der Waals surface area contributed by atoms with Crippen LogP contribution in [0, 0.1) is 0 Å². The Morgan fingerprint density at radius 2 is 1.85 bits per heavy atom. The highest BCUT2D eigenvalue weighted by Crippen LogP contribution is 2.37. The van der Waals surface area contributed by atoms with E-state index in [1.807, 2.05) is 0 Å². The first-order valence-electron chi connectivity index (χ1n) is 8.32. The standard InChI is InChI=1S/C18H19F3N2O3S/c1-27(24,25)23-13-6-9-17(15(11-13)16-3-2-10-22-16)26-14-7-4-12(5-8-14)18(19,20)21/h4-9,11,16,22-23H,2-3,10H2,1H3. The van der Waals surface area contributed by atoms with Gasteiger partial charge in [-0.1, -0.05) is 0 Å². The Hall–Kier alpha value is -2.26. The predicted molar refractivity (Wildman–Crippen MR) is 96.4 cm³/mol. The number of hydrogen-bond acceptors (Lipinski definition) is 4. The maximum atomic E-state index is 12.7. The van der Waals surface area contributed by atoms with Gasteiger partial charge in [0.15, 0.2) is 0 Å². The largest absolute Gasteiger partial charge is 0.457 e. The number of anilines is 1. The highest BCUT2D eigenvalue weighted by Gasteiger charge is 2.30. The molecule has 1 saturated heterocycles. The quantitative estimate of drug-likeness (QED) is 0.786. The van der Waals surface area contributed by atoms with Gasteiger partial charge in [0, 0.05) is 17.3 Å². The summed E-state index contributed by atoms with van der Waals surface area (Å²) in [5.41, 5.74) is 0.405. The molecule has 0 amide bonds. The molecule has 0 spiro atoms. The molecule has 0 bridgehead atoms. The summed E-state index contributed by atoms with van der Waals surface area (Å²) >= 11 is 0. The van der Waals surface area contributed by atoms with Crippen molar-refractivity contribution in [1.29, 1.82) is 0 Å². The summed E-state index contributed by atoms with van der Waals surface area (Å²) in [7, 11) is -3.43. The van der Waals surface area contributed by atoms with Gasteiger partial charge < -0.3 is 10.1 Å². The summed E-state index contributed by atoms with van der Waals surface area (Å²) in [5, 5.41) is 3.31. The number of sulfonamides is 1. The smallest absolute Gasteiger partial charge is 0.416 e. The van der Waals surface area contributed by atoms with Crippen LogP contribution in [0.15, 0.2) is 42.5 Å². The second-order valence-corrected chi connectivity index (χ2v) is 8.15. The van der Waals surface area contributed by atoms with Crippen LogP contribution in [-0.4, -0.2) is 21.2 Å². The van der Waals surface area contributed by atoms with Crippen molar-refractivity contribution >= 4 is 15.7 Å². The lowest BCUT2D eigenvalue weighted by Crippen LogP contribution is -2.15. The summed E-state index contributed by atoms with van der Waals surface area (Å²) in [6.07, 6.45) is -1.52. The molecule has 1 aliphatic heterocycles. The zero-order valence-corrected chi connectivity index (χ0v) is 15.3. The zero-order valence-electron chi connectivity index (χ0n) is 14.5. The lowest BCUT2D eigenvalue weighted by molar-refractivity contribution is -0.137. The molecule has 3 rings (SSSR count). The fraction of sp³-hybridized carbons (Fsp3) is 0.333. The van der Waals surface area contributed by atoms with E-state index in [2.05, 4.69) is 10.0 Å². The molecule has 2 N–H and O–H groups in total. The van der Waals surface area contributed by atoms with Gasteiger partial charge in [-0.05, 0) is 61.9 Å². The van der Waals surface area contributed by atoms with E-state index in [1.165, 1.54) is 12.1 Å². The highest BCUT2D eigenvalue weighted by molar-refractivity contribution is 7.92. The normalized spacial score (nSPS) is 17.7. The predicted octanol–water partition coefficient (Wildman–Crippen LogP) is 4.29. The minimum absolute atomic E-state index is 0.0178. The van der Waals surface area contributed by atoms with E-state index in [0.717, 1.165) is 43.3 Å². The summed E-state index contributed by atoms with van der Waals surface area (Å²) < 4.78 is 69.2. The topological polar surface area (TPSA) is 67.4 Å². The molecule has 0 aliphatic carbocycles. The van der Waals surface area contributed by atoms with E-state index in [9.17, 15) is 21.6 Å². The van der Waals surface area contributed by atoms with Crippen LogP contribution in [-0.2, 0) is 16.2 Å². The Morgan fingerprint density at radius 3 is 2.41 bits per heavy atom. The molecule has 1 fully saturated rings. The summed E-state index contributed by atoms with van der Waals surface area (Å²) in [6, 6.07) is 9.28. The first kappa shape index (κ1) is 19.5. The van der Waals surface area contributed by atoms with Crippen molar-refractivity contribution in [2.45, 2.75) is 25.1 Å². The van der Waals surface area contributed by atoms with Gasteiger partial charge >= 0.3 is 6.18 Å². The van der Waals surface area contributed by atoms with Crippen molar-refractivity contribution in [3.05, 3.63) is 53.6 Å². The first-order chi connectivity index (χ1) is 12.6. The van der Waals surface area contributed by atoms with Crippen LogP contribution in [0.25, 0.3) is 0 Å². The molecule has 0 saturated carbocycles. The number of alkyl halides is 3. The van der Waals surface area contributed by atoms with E-state index in [-0.39, 0.29) is 11.8 Å². The van der Waals surface area contributed by atoms with Crippen LogP contribution in [0.2, 0.25) is 0 Å². The van der Waals surface area contributed by atoms with Crippen molar-refractivity contribution in [3.63, 3.8) is 0 Å². The van der Waals surface area contributed by atoms with Crippen LogP contribution in [0.1, 0.15) is 30.0 Å². The van der Waals surface area contributed by atoms with E-state index in [4.69, 9.17) is 4.74 Å². The fourth-order valence-corrected chi connectivity index (χ4v) is 3.54. The van der Waals surface area contributed by atoms with E-state index in [1.54, 1.807) is 18.2 Å². The fourth-order valence-electron chi connectivity index (χ4n) is 2.98. The Kier molecular flexibility index (Phi) is 5.34. The second kappa shape index (κ2) is 7.40. The van der Waals surface area contributed by atoms with Crippen molar-refractivity contribution in [3.8, 4) is 11.5 Å². The molecule has 9 heteroatoms. The van der Waals surface area contributed by atoms with Crippen LogP contribution in [0.5, 0.6) is 11.5 Å². The number of ether oxygens (including phenoxy) is 1. The number of hydrogen-bond donors (Lipinski definition) is 2. The number of benzene rings is 2. The molecule has 0 aromatic heterocycles. The molecule has 1 unspecified atom stereocenters. The second-order valence-electron chi connectivity index (χ2n) is 6.40. The molecule has 1 heterocycles. The van der Waals surface area contributed by atoms with Gasteiger partial charge in [-0.15, -0.1) is 0 Å². The molecule has 146 valence electrons. The van der Waals surface area contributed by atoms with Gasteiger partial charge in [0.2, 0.25) is 10.0 Å². The van der Waals surface area contributed by atoms with Crippen LogP contribution < -0.4 is 14.8 Å². The minimum atomic E-state index is -4.41. The van der Waals surface area contributed by atoms with Crippen molar-refractivity contribution in [1.82, 2.24) is 5.32 Å².